The van der Waals surface area contributed by atoms with Crippen LogP contribution in [0.15, 0.2) is 18.2 Å². The summed E-state index contributed by atoms with van der Waals surface area (Å²) >= 11 is 0. The van der Waals surface area contributed by atoms with Gasteiger partial charge in [-0.3, -0.25) is 5.10 Å². The van der Waals surface area contributed by atoms with E-state index in [9.17, 15) is 0 Å². The Morgan fingerprint density at radius 2 is 2.00 bits per heavy atom. The van der Waals surface area contributed by atoms with Crippen LogP contribution >= 0.6 is 0 Å². The molecule has 0 amide bonds. The molecule has 0 aliphatic heterocycles. The van der Waals surface area contributed by atoms with Gasteiger partial charge in [0.1, 0.15) is 0 Å². The van der Waals surface area contributed by atoms with Crippen molar-refractivity contribution in [3.8, 4) is 11.1 Å². The molecule has 0 radical (unpaired) electrons. The third-order valence-corrected chi connectivity index (χ3v) is 3.41. The number of aromatic amines is 1. The molecule has 1 aromatic carbocycles. The maximum absolute atomic E-state index is 5.77. The van der Waals surface area contributed by atoms with Crippen LogP contribution in [0.3, 0.4) is 0 Å². The fourth-order valence-electron chi connectivity index (χ4n) is 2.25. The van der Waals surface area contributed by atoms with Gasteiger partial charge >= 0.3 is 0 Å². The number of nitrogens with two attached hydrogens (primary N) is 1. The molecule has 0 bridgehead atoms. The minimum atomic E-state index is 0.463. The van der Waals surface area contributed by atoms with E-state index in [-0.39, 0.29) is 0 Å². The van der Waals surface area contributed by atoms with E-state index in [1.54, 1.807) is 0 Å². The molecule has 0 saturated carbocycles. The monoisotopic (exact) mass is 243 g/mol. The Morgan fingerprint density at radius 1 is 1.28 bits per heavy atom. The Balaban J connectivity index is 2.62. The maximum atomic E-state index is 5.77. The Morgan fingerprint density at radius 3 is 2.61 bits per heavy atom. The smallest absolute Gasteiger partial charge is 0.0838 e. The first-order valence-electron chi connectivity index (χ1n) is 6.39. The van der Waals surface area contributed by atoms with Crippen LogP contribution in [-0.4, -0.2) is 10.2 Å². The standard InChI is InChI=1S/C15H21N3/c1-9(2)12-6-5-10(3)13(7-12)15-11(4)17-18-14(15)8-16/h5-7,9H,8,16H2,1-4H3,(H,17,18). The molecule has 3 N–H and O–H groups in total. The summed E-state index contributed by atoms with van der Waals surface area (Å²) in [6.45, 7) is 9.06. The second-order valence-electron chi connectivity index (χ2n) is 5.10. The van der Waals surface area contributed by atoms with Crippen molar-refractivity contribution in [3.05, 3.63) is 40.7 Å². The number of benzene rings is 1. The highest BCUT2D eigenvalue weighted by atomic mass is 15.1. The summed E-state index contributed by atoms with van der Waals surface area (Å²) in [4.78, 5) is 0. The number of aryl methyl sites for hydroxylation is 2. The van der Waals surface area contributed by atoms with Crippen molar-refractivity contribution in [2.45, 2.75) is 40.2 Å². The van der Waals surface area contributed by atoms with E-state index in [1.807, 2.05) is 6.92 Å². The van der Waals surface area contributed by atoms with Crippen LogP contribution in [0.5, 0.6) is 0 Å². The molecule has 1 aromatic heterocycles. The zero-order valence-electron chi connectivity index (χ0n) is 11.5. The second kappa shape index (κ2) is 4.94. The van der Waals surface area contributed by atoms with Crippen molar-refractivity contribution in [2.75, 3.05) is 0 Å². The fourth-order valence-corrected chi connectivity index (χ4v) is 2.25. The molecule has 18 heavy (non-hydrogen) atoms. The van der Waals surface area contributed by atoms with Crippen molar-refractivity contribution in [3.63, 3.8) is 0 Å². The van der Waals surface area contributed by atoms with Crippen molar-refractivity contribution in [1.29, 1.82) is 0 Å². The molecule has 0 saturated heterocycles. The summed E-state index contributed by atoms with van der Waals surface area (Å²) in [5.74, 6) is 0.526. The first-order valence-corrected chi connectivity index (χ1v) is 6.39. The normalized spacial score (nSPS) is 11.2. The second-order valence-corrected chi connectivity index (χ2v) is 5.10. The van der Waals surface area contributed by atoms with E-state index < -0.39 is 0 Å². The lowest BCUT2D eigenvalue weighted by Crippen LogP contribution is -2.00. The van der Waals surface area contributed by atoms with Crippen molar-refractivity contribution >= 4 is 0 Å². The third-order valence-electron chi connectivity index (χ3n) is 3.41. The van der Waals surface area contributed by atoms with Crippen molar-refractivity contribution in [2.24, 2.45) is 5.73 Å². The van der Waals surface area contributed by atoms with Crippen LogP contribution < -0.4 is 5.73 Å². The molecule has 0 fully saturated rings. The number of nitrogens with zero attached hydrogens (tertiary/aromatic N) is 1. The fraction of sp³-hybridized carbons (Fsp3) is 0.400. The van der Waals surface area contributed by atoms with Crippen LogP contribution in [-0.2, 0) is 6.54 Å². The highest BCUT2D eigenvalue weighted by Crippen LogP contribution is 2.31. The summed E-state index contributed by atoms with van der Waals surface area (Å²) in [7, 11) is 0. The van der Waals surface area contributed by atoms with Crippen LogP contribution in [0.1, 0.15) is 42.3 Å². The van der Waals surface area contributed by atoms with Gasteiger partial charge in [-0.15, -0.1) is 0 Å². The van der Waals surface area contributed by atoms with Gasteiger partial charge in [0.05, 0.1) is 5.69 Å². The number of H-pyrrole nitrogens is 1. The third kappa shape index (κ3) is 2.18. The zero-order chi connectivity index (χ0) is 13.3. The highest BCUT2D eigenvalue weighted by Gasteiger charge is 2.14. The molecule has 0 spiro atoms. The summed E-state index contributed by atoms with van der Waals surface area (Å²) in [6.07, 6.45) is 0. The van der Waals surface area contributed by atoms with Gasteiger partial charge in [0, 0.05) is 17.8 Å². The Kier molecular flexibility index (Phi) is 3.53. The van der Waals surface area contributed by atoms with Gasteiger partial charge in [-0.25, -0.2) is 0 Å². The first-order chi connectivity index (χ1) is 8.54. The van der Waals surface area contributed by atoms with E-state index in [1.165, 1.54) is 16.7 Å². The summed E-state index contributed by atoms with van der Waals surface area (Å²) in [5, 5.41) is 7.31. The van der Waals surface area contributed by atoms with Crippen LogP contribution in [0, 0.1) is 13.8 Å². The Bertz CT molecular complexity index is 553. The first kappa shape index (κ1) is 12.8. The number of aromatic nitrogens is 2. The largest absolute Gasteiger partial charge is 0.325 e. The molecule has 0 aliphatic rings. The SMILES string of the molecule is Cc1ccc(C(C)C)cc1-c1c(CN)n[nH]c1C. The minimum absolute atomic E-state index is 0.463. The molecule has 3 nitrogen and oxygen atoms in total. The van der Waals surface area contributed by atoms with E-state index in [0.29, 0.717) is 12.5 Å². The molecule has 96 valence electrons. The molecule has 3 heteroatoms. The maximum Gasteiger partial charge on any atom is 0.0838 e. The van der Waals surface area contributed by atoms with E-state index >= 15 is 0 Å². The number of hydrogen-bond acceptors (Lipinski definition) is 2. The predicted molar refractivity (Wildman–Crippen MR) is 75.5 cm³/mol. The average Bonchev–Trinajstić information content (AvgIpc) is 2.71. The topological polar surface area (TPSA) is 54.7 Å². The number of hydrogen-bond donors (Lipinski definition) is 2. The lowest BCUT2D eigenvalue weighted by Gasteiger charge is -2.12. The molecule has 1 heterocycles. The van der Waals surface area contributed by atoms with Crippen LogP contribution in [0.2, 0.25) is 0 Å². The number of rotatable bonds is 3. The molecular weight excluding hydrogens is 222 g/mol. The molecule has 0 unspecified atom stereocenters. The molecule has 2 aromatic rings. The van der Waals surface area contributed by atoms with E-state index in [4.69, 9.17) is 5.73 Å². The van der Waals surface area contributed by atoms with Gasteiger partial charge in [0.25, 0.3) is 0 Å². The average molecular weight is 243 g/mol. The van der Waals surface area contributed by atoms with E-state index in [0.717, 1.165) is 17.0 Å². The van der Waals surface area contributed by atoms with Gasteiger partial charge in [-0.2, -0.15) is 5.10 Å². The van der Waals surface area contributed by atoms with Crippen molar-refractivity contribution in [1.82, 2.24) is 10.2 Å². The molecular formula is C15H21N3. The van der Waals surface area contributed by atoms with Crippen LogP contribution in [0.4, 0.5) is 0 Å². The number of nitrogens with one attached hydrogen (secondary N) is 1. The predicted octanol–water partition coefficient (Wildman–Crippen LogP) is 3.28. The highest BCUT2D eigenvalue weighted by molar-refractivity contribution is 5.72. The summed E-state index contributed by atoms with van der Waals surface area (Å²) < 4.78 is 0. The van der Waals surface area contributed by atoms with Gasteiger partial charge in [0.2, 0.25) is 0 Å². The quantitative estimate of drug-likeness (QED) is 0.869. The Labute approximate surface area is 108 Å². The minimum Gasteiger partial charge on any atom is -0.325 e. The summed E-state index contributed by atoms with van der Waals surface area (Å²) in [5.41, 5.74) is 12.8. The van der Waals surface area contributed by atoms with Gasteiger partial charge in [-0.05, 0) is 36.5 Å². The summed E-state index contributed by atoms with van der Waals surface area (Å²) in [6, 6.07) is 6.63. The molecule has 0 atom stereocenters. The van der Waals surface area contributed by atoms with Gasteiger partial charge < -0.3 is 5.73 Å². The molecule has 0 aliphatic carbocycles. The van der Waals surface area contributed by atoms with Crippen molar-refractivity contribution < 1.29 is 0 Å². The lowest BCUT2D eigenvalue weighted by molar-refractivity contribution is 0.866. The zero-order valence-corrected chi connectivity index (χ0v) is 11.5. The van der Waals surface area contributed by atoms with Gasteiger partial charge in [0.15, 0.2) is 0 Å². The van der Waals surface area contributed by atoms with Crippen LogP contribution in [0.25, 0.3) is 11.1 Å². The molecule has 2 rings (SSSR count). The van der Waals surface area contributed by atoms with Gasteiger partial charge in [-0.1, -0.05) is 32.0 Å². The Hall–Kier alpha value is -1.61. The van der Waals surface area contributed by atoms with E-state index in [2.05, 4.69) is 49.2 Å². The lowest BCUT2D eigenvalue weighted by atomic mass is 9.93.